The van der Waals surface area contributed by atoms with Crippen LogP contribution in [0.25, 0.3) is 0 Å². The monoisotopic (exact) mass is 243 g/mol. The third kappa shape index (κ3) is 3.03. The molecular formula is C11H14ClNOS. The summed E-state index contributed by atoms with van der Waals surface area (Å²) in [5, 5.41) is 0.689. The van der Waals surface area contributed by atoms with Gasteiger partial charge in [0.25, 0.3) is 0 Å². The zero-order valence-corrected chi connectivity index (χ0v) is 9.98. The third-order valence-electron chi connectivity index (χ3n) is 2.42. The zero-order chi connectivity index (χ0) is 10.7. The van der Waals surface area contributed by atoms with Gasteiger partial charge in [-0.3, -0.25) is 0 Å². The van der Waals surface area contributed by atoms with Crippen molar-refractivity contribution < 1.29 is 4.74 Å². The molecule has 2 nitrogen and oxygen atoms in total. The van der Waals surface area contributed by atoms with Gasteiger partial charge in [0.15, 0.2) is 0 Å². The molecule has 1 saturated heterocycles. The highest BCUT2D eigenvalue weighted by Crippen LogP contribution is 2.29. The third-order valence-corrected chi connectivity index (χ3v) is 3.88. The summed E-state index contributed by atoms with van der Waals surface area (Å²) >= 11 is 7.57. The van der Waals surface area contributed by atoms with Gasteiger partial charge in [-0.05, 0) is 31.0 Å². The Morgan fingerprint density at radius 2 is 2.40 bits per heavy atom. The number of hydrogen-bond donors (Lipinski definition) is 1. The summed E-state index contributed by atoms with van der Waals surface area (Å²) < 4.78 is 5.55. The summed E-state index contributed by atoms with van der Waals surface area (Å²) in [6.07, 6.45) is 2.74. The Hall–Kier alpha value is -0.380. The molecule has 0 amide bonds. The second-order valence-corrected chi connectivity index (χ2v) is 5.13. The van der Waals surface area contributed by atoms with Crippen LogP contribution < -0.4 is 5.73 Å². The van der Waals surface area contributed by atoms with Crippen LogP contribution in [0.1, 0.15) is 12.8 Å². The van der Waals surface area contributed by atoms with Crippen molar-refractivity contribution in [3.63, 3.8) is 0 Å². The van der Waals surface area contributed by atoms with Crippen LogP contribution in [0.15, 0.2) is 23.1 Å². The predicted molar refractivity (Wildman–Crippen MR) is 65.6 cm³/mol. The lowest BCUT2D eigenvalue weighted by Crippen LogP contribution is -2.07. The van der Waals surface area contributed by atoms with Crippen LogP contribution in [0.5, 0.6) is 0 Å². The molecule has 0 bridgehead atoms. The molecule has 0 saturated carbocycles. The fourth-order valence-corrected chi connectivity index (χ4v) is 2.81. The number of nitrogen functional groups attached to an aromatic ring is 1. The minimum Gasteiger partial charge on any atom is -0.398 e. The van der Waals surface area contributed by atoms with Crippen molar-refractivity contribution in [3.05, 3.63) is 23.2 Å². The minimum atomic E-state index is 0.394. The molecule has 0 radical (unpaired) electrons. The first-order valence-electron chi connectivity index (χ1n) is 5.05. The molecule has 1 atom stereocenters. The maximum Gasteiger partial charge on any atom is 0.0669 e. The van der Waals surface area contributed by atoms with Crippen molar-refractivity contribution in [1.29, 1.82) is 0 Å². The van der Waals surface area contributed by atoms with Gasteiger partial charge in [0.05, 0.1) is 6.10 Å². The summed E-state index contributed by atoms with van der Waals surface area (Å²) in [5.74, 6) is 0.978. The lowest BCUT2D eigenvalue weighted by Gasteiger charge is -2.10. The van der Waals surface area contributed by atoms with Gasteiger partial charge < -0.3 is 10.5 Å². The molecule has 82 valence electrons. The maximum atomic E-state index is 5.86. The van der Waals surface area contributed by atoms with Gasteiger partial charge in [0, 0.05) is 28.0 Å². The second kappa shape index (κ2) is 5.10. The summed E-state index contributed by atoms with van der Waals surface area (Å²) in [5.41, 5.74) is 6.62. The molecular weight excluding hydrogens is 230 g/mol. The average molecular weight is 244 g/mol. The summed E-state index contributed by atoms with van der Waals surface area (Å²) in [7, 11) is 0. The second-order valence-electron chi connectivity index (χ2n) is 3.63. The lowest BCUT2D eigenvalue weighted by atomic mass is 10.3. The number of nitrogens with two attached hydrogens (primary N) is 1. The van der Waals surface area contributed by atoms with E-state index in [-0.39, 0.29) is 0 Å². The molecule has 1 heterocycles. The molecule has 1 fully saturated rings. The van der Waals surface area contributed by atoms with Crippen molar-refractivity contribution in [3.8, 4) is 0 Å². The number of halogens is 1. The Kier molecular flexibility index (Phi) is 3.78. The zero-order valence-electron chi connectivity index (χ0n) is 8.41. The van der Waals surface area contributed by atoms with Crippen LogP contribution in [0.2, 0.25) is 5.02 Å². The van der Waals surface area contributed by atoms with Gasteiger partial charge in [-0.1, -0.05) is 11.6 Å². The average Bonchev–Trinajstić information content (AvgIpc) is 2.69. The first kappa shape index (κ1) is 11.1. The van der Waals surface area contributed by atoms with Crippen molar-refractivity contribution in [2.24, 2.45) is 0 Å². The normalized spacial score (nSPS) is 20.7. The SMILES string of the molecule is Nc1cc(Cl)ccc1SCC1CCCO1. The van der Waals surface area contributed by atoms with Crippen LogP contribution in [0, 0.1) is 0 Å². The van der Waals surface area contributed by atoms with E-state index < -0.39 is 0 Å². The predicted octanol–water partition coefficient (Wildman–Crippen LogP) is 3.19. The molecule has 1 aromatic carbocycles. The first-order valence-corrected chi connectivity index (χ1v) is 6.41. The summed E-state index contributed by atoms with van der Waals surface area (Å²) in [6.45, 7) is 0.904. The Morgan fingerprint density at radius 3 is 3.07 bits per heavy atom. The largest absolute Gasteiger partial charge is 0.398 e. The van der Waals surface area contributed by atoms with Gasteiger partial charge in [-0.25, -0.2) is 0 Å². The quantitative estimate of drug-likeness (QED) is 0.654. The highest BCUT2D eigenvalue weighted by Gasteiger charge is 2.15. The van der Waals surface area contributed by atoms with Crippen LogP contribution in [0.3, 0.4) is 0 Å². The molecule has 15 heavy (non-hydrogen) atoms. The molecule has 1 aliphatic rings. The molecule has 4 heteroatoms. The van der Waals surface area contributed by atoms with Crippen LogP contribution >= 0.6 is 23.4 Å². The minimum absolute atomic E-state index is 0.394. The Balaban J connectivity index is 1.92. The van der Waals surface area contributed by atoms with Crippen molar-refractivity contribution in [1.82, 2.24) is 0 Å². The molecule has 1 unspecified atom stereocenters. The van der Waals surface area contributed by atoms with E-state index in [2.05, 4.69) is 0 Å². The van der Waals surface area contributed by atoms with E-state index in [0.29, 0.717) is 11.1 Å². The van der Waals surface area contributed by atoms with E-state index >= 15 is 0 Å². The van der Waals surface area contributed by atoms with Gasteiger partial charge in [0.1, 0.15) is 0 Å². The fourth-order valence-electron chi connectivity index (χ4n) is 1.61. The van der Waals surface area contributed by atoms with Crippen molar-refractivity contribution >= 4 is 29.1 Å². The molecule has 1 aliphatic heterocycles. The number of thioether (sulfide) groups is 1. The first-order chi connectivity index (χ1) is 7.25. The molecule has 0 aromatic heterocycles. The summed E-state index contributed by atoms with van der Waals surface area (Å²) in [6, 6.07) is 5.63. The van der Waals surface area contributed by atoms with Gasteiger partial charge in [-0.15, -0.1) is 11.8 Å². The number of rotatable bonds is 3. The maximum absolute atomic E-state index is 5.86. The van der Waals surface area contributed by atoms with Crippen molar-refractivity contribution in [2.75, 3.05) is 18.1 Å². The Bertz CT molecular complexity index is 339. The lowest BCUT2D eigenvalue weighted by molar-refractivity contribution is 0.129. The highest BCUT2D eigenvalue weighted by atomic mass is 35.5. The molecule has 2 N–H and O–H groups in total. The van der Waals surface area contributed by atoms with E-state index in [4.69, 9.17) is 22.1 Å². The van der Waals surface area contributed by atoms with E-state index in [1.807, 2.05) is 12.1 Å². The highest BCUT2D eigenvalue weighted by molar-refractivity contribution is 7.99. The van der Waals surface area contributed by atoms with Crippen LogP contribution in [-0.4, -0.2) is 18.5 Å². The number of anilines is 1. The van der Waals surface area contributed by atoms with Gasteiger partial charge >= 0.3 is 0 Å². The van der Waals surface area contributed by atoms with Gasteiger partial charge in [0.2, 0.25) is 0 Å². The van der Waals surface area contributed by atoms with Crippen LogP contribution in [0.4, 0.5) is 5.69 Å². The Labute approximate surface area is 99.1 Å². The number of hydrogen-bond acceptors (Lipinski definition) is 3. The van der Waals surface area contributed by atoms with Gasteiger partial charge in [-0.2, -0.15) is 0 Å². The molecule has 2 rings (SSSR count). The van der Waals surface area contributed by atoms with E-state index in [0.717, 1.165) is 22.9 Å². The van der Waals surface area contributed by atoms with E-state index in [1.54, 1.807) is 17.8 Å². The fraction of sp³-hybridized carbons (Fsp3) is 0.455. The topological polar surface area (TPSA) is 35.2 Å². The number of ether oxygens (including phenoxy) is 1. The van der Waals surface area contributed by atoms with Crippen LogP contribution in [-0.2, 0) is 4.74 Å². The number of benzene rings is 1. The van der Waals surface area contributed by atoms with E-state index in [1.165, 1.54) is 12.8 Å². The van der Waals surface area contributed by atoms with E-state index in [9.17, 15) is 0 Å². The van der Waals surface area contributed by atoms with Crippen molar-refractivity contribution in [2.45, 2.75) is 23.8 Å². The molecule has 1 aromatic rings. The molecule has 0 spiro atoms. The standard InChI is InChI=1S/C11H14ClNOS/c12-8-3-4-11(10(13)6-8)15-7-9-2-1-5-14-9/h3-4,6,9H,1-2,5,7,13H2. The Morgan fingerprint density at radius 1 is 1.53 bits per heavy atom. The summed E-state index contributed by atoms with van der Waals surface area (Å²) in [4.78, 5) is 1.09. The smallest absolute Gasteiger partial charge is 0.0669 e. The molecule has 0 aliphatic carbocycles.